The Hall–Kier alpha value is -1.63. The second-order valence-corrected chi connectivity index (χ2v) is 6.45. The largest absolute Gasteiger partial charge is 0.444 e. The monoisotopic (exact) mass is 296 g/mol. The van der Waals surface area contributed by atoms with Crippen LogP contribution in [0, 0.1) is 5.92 Å². The van der Waals surface area contributed by atoms with Crippen LogP contribution >= 0.6 is 0 Å². The fourth-order valence-electron chi connectivity index (χ4n) is 2.43. The van der Waals surface area contributed by atoms with Crippen LogP contribution in [0.4, 0.5) is 4.79 Å². The number of piperidine rings is 1. The maximum Gasteiger partial charge on any atom is 0.410 e. The maximum atomic E-state index is 12.1. The molecule has 2 N–H and O–H groups in total. The number of hydrogen-bond acceptors (Lipinski definition) is 6. The van der Waals surface area contributed by atoms with Crippen molar-refractivity contribution in [3.63, 3.8) is 0 Å². The molecule has 0 spiro atoms. The number of likely N-dealkylation sites (tertiary alicyclic amines) is 1. The van der Waals surface area contributed by atoms with Crippen molar-refractivity contribution < 1.29 is 14.1 Å². The molecule has 2 heterocycles. The fourth-order valence-corrected chi connectivity index (χ4v) is 2.43. The Balaban J connectivity index is 1.89. The zero-order valence-electron chi connectivity index (χ0n) is 13.0. The number of amides is 1. The highest BCUT2D eigenvalue weighted by Crippen LogP contribution is 2.22. The van der Waals surface area contributed by atoms with E-state index in [0.717, 1.165) is 19.4 Å². The second kappa shape index (κ2) is 6.43. The topological polar surface area (TPSA) is 94.5 Å². The van der Waals surface area contributed by atoms with Gasteiger partial charge in [0.15, 0.2) is 5.82 Å². The van der Waals surface area contributed by atoms with E-state index in [2.05, 4.69) is 10.1 Å². The Morgan fingerprint density at radius 2 is 2.29 bits per heavy atom. The molecular weight excluding hydrogens is 272 g/mol. The number of nitrogens with two attached hydrogens (primary N) is 1. The lowest BCUT2D eigenvalue weighted by molar-refractivity contribution is 0.0162. The predicted molar refractivity (Wildman–Crippen MR) is 76.4 cm³/mol. The zero-order chi connectivity index (χ0) is 15.5. The SMILES string of the molecule is CC(C)(C)OC(=O)N1CCC[C@@H](Cc2nc(CN)no2)C1. The number of carbonyl (C=O) groups excluding carboxylic acids is 1. The molecule has 0 saturated carbocycles. The van der Waals surface area contributed by atoms with Gasteiger partial charge in [0.25, 0.3) is 0 Å². The van der Waals surface area contributed by atoms with Gasteiger partial charge in [-0.05, 0) is 39.5 Å². The molecule has 1 aromatic rings. The molecule has 118 valence electrons. The number of hydrogen-bond donors (Lipinski definition) is 1. The smallest absolute Gasteiger partial charge is 0.410 e. The van der Waals surface area contributed by atoms with E-state index in [1.54, 1.807) is 4.90 Å². The zero-order valence-corrected chi connectivity index (χ0v) is 13.0. The molecule has 7 nitrogen and oxygen atoms in total. The minimum absolute atomic E-state index is 0.250. The van der Waals surface area contributed by atoms with Gasteiger partial charge in [0.1, 0.15) is 5.60 Å². The quantitative estimate of drug-likeness (QED) is 0.912. The Bertz CT molecular complexity index is 481. The minimum Gasteiger partial charge on any atom is -0.444 e. The molecule has 1 amide bonds. The summed E-state index contributed by atoms with van der Waals surface area (Å²) < 4.78 is 10.6. The van der Waals surface area contributed by atoms with Crippen molar-refractivity contribution in [2.24, 2.45) is 11.7 Å². The lowest BCUT2D eigenvalue weighted by Gasteiger charge is -2.33. The van der Waals surface area contributed by atoms with Gasteiger partial charge in [-0.15, -0.1) is 0 Å². The number of ether oxygens (including phenoxy) is 1. The molecule has 1 aromatic heterocycles. The van der Waals surface area contributed by atoms with Crippen LogP contribution in [-0.4, -0.2) is 39.8 Å². The first kappa shape index (κ1) is 15.8. The summed E-state index contributed by atoms with van der Waals surface area (Å²) in [6.07, 6.45) is 2.42. The molecule has 0 radical (unpaired) electrons. The molecule has 7 heteroatoms. The van der Waals surface area contributed by atoms with Crippen LogP contribution in [-0.2, 0) is 17.7 Å². The van der Waals surface area contributed by atoms with Gasteiger partial charge in [-0.3, -0.25) is 0 Å². The lowest BCUT2D eigenvalue weighted by Crippen LogP contribution is -2.43. The van der Waals surface area contributed by atoms with Crippen LogP contribution in [0.1, 0.15) is 45.3 Å². The summed E-state index contributed by atoms with van der Waals surface area (Å²) in [7, 11) is 0. The highest BCUT2D eigenvalue weighted by Gasteiger charge is 2.28. The van der Waals surface area contributed by atoms with E-state index in [1.807, 2.05) is 20.8 Å². The third kappa shape index (κ3) is 4.70. The van der Waals surface area contributed by atoms with Crippen LogP contribution in [0.15, 0.2) is 4.52 Å². The second-order valence-electron chi connectivity index (χ2n) is 6.45. The van der Waals surface area contributed by atoms with Crippen LogP contribution in [0.25, 0.3) is 0 Å². The molecule has 0 unspecified atom stereocenters. The molecule has 21 heavy (non-hydrogen) atoms. The van der Waals surface area contributed by atoms with Gasteiger partial charge in [-0.25, -0.2) is 4.79 Å². The van der Waals surface area contributed by atoms with Crippen LogP contribution in [0.3, 0.4) is 0 Å². The summed E-state index contributed by atoms with van der Waals surface area (Å²) in [5, 5.41) is 3.79. The van der Waals surface area contributed by atoms with Gasteiger partial charge in [-0.2, -0.15) is 4.98 Å². The lowest BCUT2D eigenvalue weighted by atomic mass is 9.95. The fraction of sp³-hybridized carbons (Fsp3) is 0.786. The number of aromatic nitrogens is 2. The summed E-state index contributed by atoms with van der Waals surface area (Å²) in [5.41, 5.74) is 5.00. The molecule has 1 fully saturated rings. The van der Waals surface area contributed by atoms with Crippen molar-refractivity contribution in [2.75, 3.05) is 13.1 Å². The summed E-state index contributed by atoms with van der Waals surface area (Å²) in [5.74, 6) is 1.42. The van der Waals surface area contributed by atoms with Crippen molar-refractivity contribution >= 4 is 6.09 Å². The molecule has 1 saturated heterocycles. The van der Waals surface area contributed by atoms with E-state index in [-0.39, 0.29) is 12.6 Å². The number of carbonyl (C=O) groups is 1. The maximum absolute atomic E-state index is 12.1. The molecule has 1 aliphatic rings. The van der Waals surface area contributed by atoms with Crippen molar-refractivity contribution in [1.82, 2.24) is 15.0 Å². The third-order valence-corrected chi connectivity index (χ3v) is 3.33. The van der Waals surface area contributed by atoms with E-state index in [0.29, 0.717) is 30.6 Å². The Morgan fingerprint density at radius 1 is 1.52 bits per heavy atom. The molecule has 0 aromatic carbocycles. The van der Waals surface area contributed by atoms with Crippen molar-refractivity contribution in [3.05, 3.63) is 11.7 Å². The minimum atomic E-state index is -0.466. The standard InChI is InChI=1S/C14H24N4O3/c1-14(2,3)20-13(19)18-6-4-5-10(9-18)7-12-16-11(8-15)17-21-12/h10H,4-9,15H2,1-3H3/t10-/m0/s1. The van der Waals surface area contributed by atoms with Gasteiger partial charge in [-0.1, -0.05) is 5.16 Å². The first-order valence-electron chi connectivity index (χ1n) is 7.37. The highest BCUT2D eigenvalue weighted by molar-refractivity contribution is 5.68. The van der Waals surface area contributed by atoms with E-state index in [9.17, 15) is 4.79 Å². The third-order valence-electron chi connectivity index (χ3n) is 3.33. The number of nitrogens with zero attached hydrogens (tertiary/aromatic N) is 3. The Kier molecular flexibility index (Phi) is 4.82. The van der Waals surface area contributed by atoms with Gasteiger partial charge >= 0.3 is 6.09 Å². The Labute approximate surface area is 124 Å². The van der Waals surface area contributed by atoms with Crippen molar-refractivity contribution in [2.45, 2.75) is 52.2 Å². The van der Waals surface area contributed by atoms with Crippen molar-refractivity contribution in [1.29, 1.82) is 0 Å². The molecule has 1 atom stereocenters. The van der Waals surface area contributed by atoms with Crippen LogP contribution in [0.5, 0.6) is 0 Å². The van der Waals surface area contributed by atoms with Crippen LogP contribution in [0.2, 0.25) is 0 Å². The average molecular weight is 296 g/mol. The first-order chi connectivity index (χ1) is 9.87. The molecule has 2 rings (SSSR count). The highest BCUT2D eigenvalue weighted by atomic mass is 16.6. The Morgan fingerprint density at radius 3 is 2.90 bits per heavy atom. The van der Waals surface area contributed by atoms with Crippen LogP contribution < -0.4 is 5.73 Å². The van der Waals surface area contributed by atoms with E-state index < -0.39 is 5.60 Å². The normalized spacial score (nSPS) is 19.6. The summed E-state index contributed by atoms with van der Waals surface area (Å²) in [4.78, 5) is 18.1. The number of rotatable bonds is 3. The molecular formula is C14H24N4O3. The summed E-state index contributed by atoms with van der Waals surface area (Å²) in [6, 6.07) is 0. The summed E-state index contributed by atoms with van der Waals surface area (Å²) >= 11 is 0. The van der Waals surface area contributed by atoms with E-state index in [1.165, 1.54) is 0 Å². The van der Waals surface area contributed by atoms with Gasteiger partial charge in [0.2, 0.25) is 5.89 Å². The first-order valence-corrected chi connectivity index (χ1v) is 7.37. The molecule has 0 aliphatic carbocycles. The molecule has 1 aliphatic heterocycles. The van der Waals surface area contributed by atoms with E-state index in [4.69, 9.17) is 15.0 Å². The predicted octanol–water partition coefficient (Wildman–Crippen LogP) is 1.72. The summed E-state index contributed by atoms with van der Waals surface area (Å²) in [6.45, 7) is 7.30. The van der Waals surface area contributed by atoms with E-state index >= 15 is 0 Å². The van der Waals surface area contributed by atoms with Gasteiger partial charge in [0.05, 0.1) is 6.54 Å². The molecule has 0 bridgehead atoms. The van der Waals surface area contributed by atoms with Crippen molar-refractivity contribution in [3.8, 4) is 0 Å². The van der Waals surface area contributed by atoms with Gasteiger partial charge in [0, 0.05) is 19.5 Å². The van der Waals surface area contributed by atoms with Gasteiger partial charge < -0.3 is 19.9 Å². The average Bonchev–Trinajstić information content (AvgIpc) is 2.85.